The third kappa shape index (κ3) is 7.04. The van der Waals surface area contributed by atoms with Crippen LogP contribution in [-0.2, 0) is 4.79 Å². The Balaban J connectivity index is 2.57. The zero-order chi connectivity index (χ0) is 18.8. The van der Waals surface area contributed by atoms with Gasteiger partial charge in [-0.15, -0.1) is 0 Å². The average molecular weight is 359 g/mol. The van der Waals surface area contributed by atoms with Gasteiger partial charge in [0.05, 0.1) is 12.2 Å². The molecule has 0 bridgehead atoms. The lowest BCUT2D eigenvalue weighted by Crippen LogP contribution is -2.36. The fourth-order valence-electron chi connectivity index (χ4n) is 2.66. The molecule has 4 nitrogen and oxygen atoms in total. The van der Waals surface area contributed by atoms with Crippen LogP contribution in [0, 0.1) is 17.5 Å². The normalized spacial score (nSPS) is 11.4. The van der Waals surface area contributed by atoms with Gasteiger partial charge >= 0.3 is 0 Å². The minimum atomic E-state index is -1.58. The van der Waals surface area contributed by atoms with Crippen molar-refractivity contribution in [3.8, 4) is 0 Å². The highest BCUT2D eigenvalue weighted by molar-refractivity contribution is 5.92. The number of rotatable bonds is 11. The minimum Gasteiger partial charge on any atom is -0.322 e. The molecule has 1 amide bonds. The second-order valence-electron chi connectivity index (χ2n) is 5.93. The molecule has 7 heteroatoms. The van der Waals surface area contributed by atoms with E-state index in [4.69, 9.17) is 0 Å². The molecular formula is C18H28F3N3O. The van der Waals surface area contributed by atoms with Crippen LogP contribution in [0.15, 0.2) is 12.1 Å². The molecule has 0 saturated heterocycles. The standard InChI is InChI=1S/C18H28F3N3O/c1-4-10-24(12-7-11-23(5-2)6-3)13-16(25)22-15-9-8-14(19)17(20)18(15)21/h8-9H,4-7,10-13H2,1-3H3,(H,22,25). The van der Waals surface area contributed by atoms with E-state index in [0.29, 0.717) is 0 Å². The molecule has 1 aromatic carbocycles. The fourth-order valence-corrected chi connectivity index (χ4v) is 2.66. The summed E-state index contributed by atoms with van der Waals surface area (Å²) >= 11 is 0. The van der Waals surface area contributed by atoms with E-state index in [1.165, 1.54) is 0 Å². The zero-order valence-electron chi connectivity index (χ0n) is 15.2. The number of carbonyl (C=O) groups excluding carboxylic acids is 1. The van der Waals surface area contributed by atoms with Gasteiger partial charge < -0.3 is 10.2 Å². The van der Waals surface area contributed by atoms with Crippen LogP contribution in [0.4, 0.5) is 18.9 Å². The van der Waals surface area contributed by atoms with Gasteiger partial charge in [0.2, 0.25) is 5.91 Å². The molecule has 0 aliphatic rings. The van der Waals surface area contributed by atoms with Crippen molar-refractivity contribution in [2.75, 3.05) is 44.6 Å². The number of hydrogen-bond acceptors (Lipinski definition) is 3. The number of nitrogens with zero attached hydrogens (tertiary/aromatic N) is 2. The number of halogens is 3. The Kier molecular flexibility index (Phi) is 9.52. The van der Waals surface area contributed by atoms with Crippen molar-refractivity contribution in [2.24, 2.45) is 0 Å². The first-order valence-electron chi connectivity index (χ1n) is 8.80. The molecule has 0 fully saturated rings. The topological polar surface area (TPSA) is 35.6 Å². The lowest BCUT2D eigenvalue weighted by atomic mass is 10.2. The van der Waals surface area contributed by atoms with Crippen molar-refractivity contribution >= 4 is 11.6 Å². The van der Waals surface area contributed by atoms with Crippen LogP contribution in [0.1, 0.15) is 33.6 Å². The summed E-state index contributed by atoms with van der Waals surface area (Å²) in [7, 11) is 0. The molecule has 1 rings (SSSR count). The van der Waals surface area contributed by atoms with Crippen LogP contribution in [0.5, 0.6) is 0 Å². The highest BCUT2D eigenvalue weighted by Gasteiger charge is 2.16. The Morgan fingerprint density at radius 2 is 1.60 bits per heavy atom. The lowest BCUT2D eigenvalue weighted by Gasteiger charge is -2.23. The molecule has 0 radical (unpaired) electrons. The summed E-state index contributed by atoms with van der Waals surface area (Å²) in [5.41, 5.74) is -0.344. The van der Waals surface area contributed by atoms with E-state index >= 15 is 0 Å². The van der Waals surface area contributed by atoms with E-state index in [1.807, 2.05) is 11.8 Å². The number of nitrogens with one attached hydrogen (secondary N) is 1. The van der Waals surface area contributed by atoms with E-state index in [2.05, 4.69) is 24.1 Å². The maximum absolute atomic E-state index is 13.6. The number of carbonyl (C=O) groups is 1. The molecule has 0 spiro atoms. The maximum Gasteiger partial charge on any atom is 0.238 e. The van der Waals surface area contributed by atoms with E-state index in [9.17, 15) is 18.0 Å². The van der Waals surface area contributed by atoms with Crippen molar-refractivity contribution in [3.63, 3.8) is 0 Å². The van der Waals surface area contributed by atoms with E-state index in [1.54, 1.807) is 0 Å². The molecule has 0 aliphatic carbocycles. The second kappa shape index (κ2) is 11.1. The highest BCUT2D eigenvalue weighted by Crippen LogP contribution is 2.19. The van der Waals surface area contributed by atoms with Gasteiger partial charge in [-0.25, -0.2) is 13.2 Å². The first-order valence-corrected chi connectivity index (χ1v) is 8.80. The summed E-state index contributed by atoms with van der Waals surface area (Å²) in [6.07, 6.45) is 1.81. The SMILES string of the molecule is CCCN(CCCN(CC)CC)CC(=O)Nc1ccc(F)c(F)c1F. The molecule has 1 N–H and O–H groups in total. The maximum atomic E-state index is 13.6. The van der Waals surface area contributed by atoms with Gasteiger partial charge in [0.25, 0.3) is 0 Å². The molecule has 0 heterocycles. The number of amides is 1. The van der Waals surface area contributed by atoms with Crippen molar-refractivity contribution in [1.82, 2.24) is 9.80 Å². The summed E-state index contributed by atoms with van der Waals surface area (Å²) in [5.74, 6) is -4.68. The second-order valence-corrected chi connectivity index (χ2v) is 5.93. The van der Waals surface area contributed by atoms with Gasteiger partial charge in [-0.3, -0.25) is 9.69 Å². The summed E-state index contributed by atoms with van der Waals surface area (Å²) < 4.78 is 39.8. The third-order valence-electron chi connectivity index (χ3n) is 4.06. The largest absolute Gasteiger partial charge is 0.322 e. The smallest absolute Gasteiger partial charge is 0.238 e. The highest BCUT2D eigenvalue weighted by atomic mass is 19.2. The molecule has 1 aromatic rings. The number of hydrogen-bond donors (Lipinski definition) is 1. The van der Waals surface area contributed by atoms with Gasteiger partial charge in [0.15, 0.2) is 17.5 Å². The lowest BCUT2D eigenvalue weighted by molar-refractivity contribution is -0.117. The Bertz CT molecular complexity index is 551. The molecule has 0 aliphatic heterocycles. The molecule has 142 valence electrons. The Morgan fingerprint density at radius 1 is 0.960 bits per heavy atom. The van der Waals surface area contributed by atoms with E-state index in [0.717, 1.165) is 57.7 Å². The summed E-state index contributed by atoms with van der Waals surface area (Å²) in [5, 5.41) is 2.32. The predicted octanol–water partition coefficient (Wildman–Crippen LogP) is 3.49. The monoisotopic (exact) mass is 359 g/mol. The van der Waals surface area contributed by atoms with Gasteiger partial charge in [-0.05, 0) is 57.7 Å². The van der Waals surface area contributed by atoms with Crippen LogP contribution in [0.2, 0.25) is 0 Å². The van der Waals surface area contributed by atoms with Crippen LogP contribution >= 0.6 is 0 Å². The van der Waals surface area contributed by atoms with Crippen molar-refractivity contribution < 1.29 is 18.0 Å². The summed E-state index contributed by atoms with van der Waals surface area (Å²) in [4.78, 5) is 16.4. The van der Waals surface area contributed by atoms with Gasteiger partial charge in [-0.2, -0.15) is 0 Å². The average Bonchev–Trinajstić information content (AvgIpc) is 2.59. The molecule has 0 atom stereocenters. The summed E-state index contributed by atoms with van der Waals surface area (Å²) in [6, 6.07) is 1.82. The van der Waals surface area contributed by atoms with E-state index in [-0.39, 0.29) is 12.2 Å². The number of benzene rings is 1. The molecular weight excluding hydrogens is 331 g/mol. The van der Waals surface area contributed by atoms with E-state index < -0.39 is 23.4 Å². The predicted molar refractivity (Wildman–Crippen MR) is 94.1 cm³/mol. The van der Waals surface area contributed by atoms with Crippen molar-refractivity contribution in [1.29, 1.82) is 0 Å². The van der Waals surface area contributed by atoms with Crippen LogP contribution in [-0.4, -0.2) is 55.0 Å². The quantitative estimate of drug-likeness (QED) is 0.615. The Hall–Kier alpha value is -1.60. The van der Waals surface area contributed by atoms with Crippen LogP contribution < -0.4 is 5.32 Å². The first kappa shape index (κ1) is 21.4. The molecule has 0 unspecified atom stereocenters. The first-order chi connectivity index (χ1) is 11.9. The van der Waals surface area contributed by atoms with Gasteiger partial charge in [0, 0.05) is 0 Å². The number of anilines is 1. The molecule has 25 heavy (non-hydrogen) atoms. The van der Waals surface area contributed by atoms with Gasteiger partial charge in [0.1, 0.15) is 0 Å². The van der Waals surface area contributed by atoms with Crippen LogP contribution in [0.3, 0.4) is 0 Å². The van der Waals surface area contributed by atoms with Gasteiger partial charge in [-0.1, -0.05) is 20.8 Å². The minimum absolute atomic E-state index is 0.0878. The van der Waals surface area contributed by atoms with Crippen molar-refractivity contribution in [2.45, 2.75) is 33.6 Å². The summed E-state index contributed by atoms with van der Waals surface area (Å²) in [6.45, 7) is 10.7. The van der Waals surface area contributed by atoms with Crippen LogP contribution in [0.25, 0.3) is 0 Å². The zero-order valence-corrected chi connectivity index (χ0v) is 15.2. The Labute approximate surface area is 148 Å². The fraction of sp³-hybridized carbons (Fsp3) is 0.611. The molecule has 0 saturated carbocycles. The third-order valence-corrected chi connectivity index (χ3v) is 4.06. The Morgan fingerprint density at radius 3 is 2.20 bits per heavy atom. The molecule has 0 aromatic heterocycles. The van der Waals surface area contributed by atoms with Crippen molar-refractivity contribution in [3.05, 3.63) is 29.6 Å².